The third-order valence-corrected chi connectivity index (χ3v) is 24.9. The summed E-state index contributed by atoms with van der Waals surface area (Å²) in [7, 11) is -20.5. The molecule has 0 bridgehead atoms. The summed E-state index contributed by atoms with van der Waals surface area (Å²) in [6.45, 7) is 0. The van der Waals surface area contributed by atoms with Crippen molar-refractivity contribution in [2.75, 3.05) is 0 Å². The molecule has 0 aromatic heterocycles. The van der Waals surface area contributed by atoms with Gasteiger partial charge in [-0.15, -0.1) is 0 Å². The zero-order chi connectivity index (χ0) is 48.0. The van der Waals surface area contributed by atoms with Crippen molar-refractivity contribution in [3.05, 3.63) is 248 Å². The zero-order valence-corrected chi connectivity index (χ0v) is 41.5. The van der Waals surface area contributed by atoms with Crippen molar-refractivity contribution in [3.63, 3.8) is 0 Å². The molecule has 8 rings (SSSR count). The van der Waals surface area contributed by atoms with E-state index in [4.69, 9.17) is 10.1 Å². The molecular weight excluding hydrogens is 1090 g/mol. The molecule has 0 saturated carbocycles. The summed E-state index contributed by atoms with van der Waals surface area (Å²) >= 11 is -3.31. The Morgan fingerprint density at radius 2 is 0.529 bits per heavy atom. The fraction of sp³-hybridized carbons (Fsp3) is 0.0400. The van der Waals surface area contributed by atoms with Gasteiger partial charge in [0, 0.05) is 0 Å². The third-order valence-electron chi connectivity index (χ3n) is 10.3. The van der Waals surface area contributed by atoms with Gasteiger partial charge in [-0.25, -0.2) is 0 Å². The summed E-state index contributed by atoms with van der Waals surface area (Å²) in [5.41, 5.74) is 3.42. The molecule has 0 saturated heterocycles. The molecule has 8 aromatic rings. The van der Waals surface area contributed by atoms with E-state index < -0.39 is 71.6 Å². The van der Waals surface area contributed by atoms with Crippen LogP contribution in [-0.4, -0.2) is 0 Å². The van der Waals surface area contributed by atoms with Crippen LogP contribution >= 0.6 is 40.9 Å². The summed E-state index contributed by atoms with van der Waals surface area (Å²) in [5.74, 6) is 0. The molecule has 0 aliphatic carbocycles. The minimum atomic E-state index is -4.84. The first kappa shape index (κ1) is 50.0. The molecule has 18 heteroatoms. The van der Waals surface area contributed by atoms with Crippen LogP contribution in [0.25, 0.3) is 0 Å². The van der Waals surface area contributed by atoms with Gasteiger partial charge in [-0.05, 0) is 0 Å². The van der Waals surface area contributed by atoms with Crippen molar-refractivity contribution in [3.8, 4) is 0 Å². The van der Waals surface area contributed by atoms with Crippen LogP contribution in [0.4, 0.5) is 0 Å². The van der Waals surface area contributed by atoms with Gasteiger partial charge in [0.15, 0.2) is 0 Å². The van der Waals surface area contributed by atoms with E-state index in [0.29, 0.717) is 49.4 Å². The molecule has 0 radical (unpaired) electrons. The first-order chi connectivity index (χ1) is 32.5. The maximum absolute atomic E-state index is 12.3. The predicted molar refractivity (Wildman–Crippen MR) is 237 cm³/mol. The van der Waals surface area contributed by atoms with Crippen molar-refractivity contribution < 1.29 is 82.8 Å². The summed E-state index contributed by atoms with van der Waals surface area (Å²) in [6, 6.07) is 63.5. The van der Waals surface area contributed by atoms with Gasteiger partial charge in [0.1, 0.15) is 0 Å². The summed E-state index contributed by atoms with van der Waals surface area (Å²) in [4.78, 5) is 3.06. The van der Waals surface area contributed by atoms with Crippen LogP contribution in [0, 0.1) is 37.9 Å². The SMILES string of the molecule is [O-][Cl+3]([O-])([O-])OI(c1ccc(Cc2ccc(S(O[Cl+3]([O-])([O-])[O-])(c3ccccc3)c3ccccc3)cc2)cc1)c1ccc(Cc2ccc(S(O[Cl+3]([O-])([O-])[O-])(c3ccccc3)c3ccccc3)cc2)cc1. The quantitative estimate of drug-likeness (QED) is 0.112. The molecule has 8 aromatic carbocycles. The number of halogens is 4. The van der Waals surface area contributed by atoms with Crippen molar-refractivity contribution in [2.24, 2.45) is 0 Å². The molecule has 0 unspecified atom stereocenters. The number of rotatable bonds is 18. The second kappa shape index (κ2) is 21.3. The van der Waals surface area contributed by atoms with Crippen LogP contribution < -0.4 is 41.9 Å². The average Bonchev–Trinajstić information content (AvgIpc) is 3.33. The van der Waals surface area contributed by atoms with Gasteiger partial charge in [0.2, 0.25) is 0 Å². The van der Waals surface area contributed by atoms with E-state index in [0.717, 1.165) is 22.3 Å². The molecular formula is C50H40Cl3IO12S2. The van der Waals surface area contributed by atoms with Gasteiger partial charge in [-0.2, -0.15) is 28.0 Å². The van der Waals surface area contributed by atoms with Crippen molar-refractivity contribution in [1.29, 1.82) is 0 Å². The molecule has 0 aliphatic rings. The van der Waals surface area contributed by atoms with Crippen molar-refractivity contribution in [1.82, 2.24) is 0 Å². The molecule has 0 atom stereocenters. The number of hydrogen-bond donors (Lipinski definition) is 0. The second-order valence-corrected chi connectivity index (χ2v) is 28.2. The monoisotopic (exact) mass is 1130 g/mol. The fourth-order valence-electron chi connectivity index (χ4n) is 7.48. The van der Waals surface area contributed by atoms with E-state index in [-0.39, 0.29) is 0 Å². The fourth-order valence-corrected chi connectivity index (χ4v) is 21.3. The van der Waals surface area contributed by atoms with Crippen LogP contribution in [0.2, 0.25) is 0 Å². The Morgan fingerprint density at radius 1 is 0.294 bits per heavy atom. The standard InChI is InChI=1S/C50H40Cl3IO12S2/c55-51(56,57)64-54(43-29-21-39(22-30-43)37-41-25-33-49(34-26-41)67(65-52(58,59)60,45-13-5-1-6-14-45)46-15-7-2-8-16-46)44-31-23-40(24-32-44)38-42-27-35-50(36-28-42)68(66-53(61,62)63,47-17-9-3-10-18-47)48-19-11-4-12-20-48/h1-36H,37-38H2. The first-order valence-electron chi connectivity index (χ1n) is 20.3. The Hall–Kier alpha value is -4.42. The predicted octanol–water partition coefficient (Wildman–Crippen LogP) is 3.46. The Morgan fingerprint density at radius 3 is 0.765 bits per heavy atom. The molecule has 0 spiro atoms. The number of hydrogen-bond acceptors (Lipinski definition) is 12. The van der Waals surface area contributed by atoms with Gasteiger partial charge >= 0.3 is 313 Å². The molecule has 0 heterocycles. The molecule has 68 heavy (non-hydrogen) atoms. The van der Waals surface area contributed by atoms with E-state index in [2.05, 4.69) is 0 Å². The van der Waals surface area contributed by atoms with Crippen LogP contribution in [0.15, 0.2) is 248 Å². The van der Waals surface area contributed by atoms with Crippen LogP contribution in [0.3, 0.4) is 0 Å². The second-order valence-electron chi connectivity index (χ2n) is 14.8. The van der Waals surface area contributed by atoms with Crippen molar-refractivity contribution in [2.45, 2.75) is 42.2 Å². The van der Waals surface area contributed by atoms with Gasteiger partial charge in [0.05, 0.1) is 0 Å². The topological polar surface area (TPSA) is 235 Å². The van der Waals surface area contributed by atoms with E-state index in [1.807, 2.05) is 48.5 Å². The Bertz CT molecular complexity index is 2590. The summed E-state index contributed by atoms with van der Waals surface area (Å²) in [6.07, 6.45) is 0.874. The summed E-state index contributed by atoms with van der Waals surface area (Å²) < 4.78 is 127. The van der Waals surface area contributed by atoms with E-state index in [9.17, 15) is 41.9 Å². The molecule has 12 nitrogen and oxygen atoms in total. The third kappa shape index (κ3) is 12.1. The Balaban J connectivity index is 1.01. The van der Waals surface area contributed by atoms with Crippen LogP contribution in [0.5, 0.6) is 0 Å². The van der Waals surface area contributed by atoms with Gasteiger partial charge in [-0.1, -0.05) is 72.8 Å². The zero-order valence-electron chi connectivity index (χ0n) is 35.4. The Labute approximate surface area is 410 Å². The van der Waals surface area contributed by atoms with E-state index >= 15 is 0 Å². The molecule has 0 fully saturated rings. The average molecular weight is 1130 g/mol. The molecule has 0 N–H and O–H groups in total. The van der Waals surface area contributed by atoms with Crippen LogP contribution in [0.1, 0.15) is 22.3 Å². The summed E-state index contributed by atoms with van der Waals surface area (Å²) in [5, 5.41) is 0. The van der Waals surface area contributed by atoms with Crippen LogP contribution in [-0.2, 0) is 22.9 Å². The molecule has 352 valence electrons. The first-order valence-corrected chi connectivity index (χ1v) is 30.1. The van der Waals surface area contributed by atoms with E-state index in [1.165, 1.54) is 0 Å². The molecule has 0 amide bonds. The van der Waals surface area contributed by atoms with Crippen molar-refractivity contribution >= 4 is 40.9 Å². The minimum absolute atomic E-state index is 0.437. The maximum atomic E-state index is 12.3. The van der Waals surface area contributed by atoms with E-state index in [1.54, 1.807) is 170 Å². The number of benzene rings is 8. The van der Waals surface area contributed by atoms with Gasteiger partial charge in [0.25, 0.3) is 0 Å². The van der Waals surface area contributed by atoms with Gasteiger partial charge < -0.3 is 0 Å². The van der Waals surface area contributed by atoms with Gasteiger partial charge in [-0.3, -0.25) is 0 Å². The Kier molecular flexibility index (Phi) is 15.6. The normalized spacial score (nSPS) is 13.2. The molecule has 0 aliphatic heterocycles.